The minimum atomic E-state index is 0. The van der Waals surface area contributed by atoms with Crippen LogP contribution in [0.25, 0.3) is 21.5 Å². The van der Waals surface area contributed by atoms with Crippen LogP contribution in [0.15, 0.2) is 87.8 Å². The van der Waals surface area contributed by atoms with E-state index in [1.165, 1.54) is 21.5 Å². The zero-order chi connectivity index (χ0) is 18.9. The summed E-state index contributed by atoms with van der Waals surface area (Å²) in [6, 6.07) is 26.7. The third-order valence-electron chi connectivity index (χ3n) is 3.54. The van der Waals surface area contributed by atoms with E-state index in [9.17, 15) is 0 Å². The highest BCUT2D eigenvalue weighted by Gasteiger charge is 1.94. The van der Waals surface area contributed by atoms with Crippen LogP contribution in [-0.2, 0) is 9.59 Å². The van der Waals surface area contributed by atoms with Crippen LogP contribution in [0.1, 0.15) is 0 Å². The Bertz CT molecular complexity index is 1020. The smallest absolute Gasteiger partial charge is 0.373 e. The minimum absolute atomic E-state index is 0. The molecule has 4 aromatic carbocycles. The van der Waals surface area contributed by atoms with E-state index < -0.39 is 0 Å². The van der Waals surface area contributed by atoms with Crippen molar-refractivity contribution >= 4 is 77.7 Å². The monoisotopic (exact) mass is 507 g/mol. The van der Waals surface area contributed by atoms with E-state index >= 15 is 0 Å². The number of nitrogens with two attached hydrogens (primary N) is 1. The number of halogens is 3. The van der Waals surface area contributed by atoms with Crippen molar-refractivity contribution in [1.82, 2.24) is 0 Å². The molecular weight excluding hydrogens is 493 g/mol. The molecule has 0 radical (unpaired) electrons. The summed E-state index contributed by atoms with van der Waals surface area (Å²) in [5, 5.41) is 4.95. The van der Waals surface area contributed by atoms with Gasteiger partial charge in [-0.25, -0.2) is 0 Å². The van der Waals surface area contributed by atoms with Crippen LogP contribution in [0.2, 0.25) is 0 Å². The molecule has 0 amide bonds. The maximum atomic E-state index is 8.12. The molecule has 2 N–H and O–H groups in total. The van der Waals surface area contributed by atoms with Gasteiger partial charge in [-0.3, -0.25) is 0 Å². The van der Waals surface area contributed by atoms with Crippen molar-refractivity contribution in [2.45, 2.75) is 0 Å². The molecule has 4 rings (SSSR count). The second-order valence-corrected chi connectivity index (χ2v) is 7.16. The highest BCUT2D eigenvalue weighted by Crippen LogP contribution is 2.21. The van der Waals surface area contributed by atoms with Crippen LogP contribution in [0.4, 0.5) is 5.69 Å². The number of nitrogen functional groups attached to an aromatic ring is 1. The first-order valence-corrected chi connectivity index (χ1v) is 9.20. The van der Waals surface area contributed by atoms with Crippen molar-refractivity contribution in [3.8, 4) is 0 Å². The summed E-state index contributed by atoms with van der Waals surface area (Å²) < 4.78 is 2.23. The predicted octanol–water partition coefficient (Wildman–Crippen LogP) is 6.63. The van der Waals surface area contributed by atoms with Crippen molar-refractivity contribution in [3.63, 3.8) is 0 Å². The number of carbonyl (C=O) groups excluding carboxylic acids is 2. The van der Waals surface area contributed by atoms with Gasteiger partial charge in [0.15, 0.2) is 0 Å². The fraction of sp³-hybridized carbons (Fsp3) is 0. The summed E-state index contributed by atoms with van der Waals surface area (Å²) in [4.78, 5) is 16.2. The van der Waals surface area contributed by atoms with Crippen LogP contribution in [0.5, 0.6) is 0 Å². The lowest BCUT2D eigenvalue weighted by Crippen LogP contribution is -1.83. The Morgan fingerprint density at radius 2 is 1.04 bits per heavy atom. The lowest BCUT2D eigenvalue weighted by Gasteiger charge is -1.99. The van der Waals surface area contributed by atoms with Crippen LogP contribution >= 0.6 is 44.3 Å². The number of anilines is 1. The molecule has 0 bridgehead atoms. The summed E-state index contributed by atoms with van der Waals surface area (Å²) in [5.74, 6) is 0. The Morgan fingerprint density at radius 1 is 0.630 bits per heavy atom. The Hall–Kier alpha value is -2.17. The first kappa shape index (κ1) is 22.9. The summed E-state index contributed by atoms with van der Waals surface area (Å²) in [6.45, 7) is 0. The highest BCUT2D eigenvalue weighted by molar-refractivity contribution is 9.10. The van der Waals surface area contributed by atoms with Gasteiger partial charge in [-0.2, -0.15) is 9.59 Å². The van der Waals surface area contributed by atoms with Gasteiger partial charge in [-0.1, -0.05) is 74.3 Å². The normalized spacial score (nSPS) is 9.11. The van der Waals surface area contributed by atoms with Crippen molar-refractivity contribution < 1.29 is 9.59 Å². The fourth-order valence-electron chi connectivity index (χ4n) is 2.40. The van der Waals surface area contributed by atoms with E-state index in [1.54, 1.807) is 0 Å². The second-order valence-electron chi connectivity index (χ2n) is 5.33. The van der Waals surface area contributed by atoms with Crippen molar-refractivity contribution in [1.29, 1.82) is 0 Å². The van der Waals surface area contributed by atoms with E-state index in [-0.39, 0.29) is 18.6 Å². The molecule has 4 aromatic rings. The zero-order valence-corrected chi connectivity index (χ0v) is 18.1. The number of fused-ring (bicyclic) bond motifs is 2. The van der Waals surface area contributed by atoms with Gasteiger partial charge in [-0.15, -0.1) is 12.4 Å². The highest BCUT2D eigenvalue weighted by atomic mass is 79.9. The Morgan fingerprint density at radius 3 is 1.63 bits per heavy atom. The van der Waals surface area contributed by atoms with Crippen LogP contribution in [-0.4, -0.2) is 6.15 Å². The van der Waals surface area contributed by atoms with Crippen molar-refractivity contribution in [2.75, 3.05) is 5.73 Å². The summed E-state index contributed by atoms with van der Waals surface area (Å²) in [5.41, 5.74) is 6.46. The molecule has 0 saturated heterocycles. The van der Waals surface area contributed by atoms with E-state index in [0.717, 1.165) is 14.6 Å². The molecule has 6 heteroatoms. The average molecular weight is 510 g/mol. The molecule has 0 atom stereocenters. The Labute approximate surface area is 180 Å². The first-order chi connectivity index (χ1) is 12.5. The van der Waals surface area contributed by atoms with E-state index in [2.05, 4.69) is 86.5 Å². The van der Waals surface area contributed by atoms with Crippen molar-refractivity contribution in [3.05, 3.63) is 87.8 Å². The SMILES string of the molecule is Brc1ccc2ccccc2c1.Cl.Nc1ccc2cc(Br)ccc2c1.O=C=O. The van der Waals surface area contributed by atoms with Gasteiger partial charge < -0.3 is 5.73 Å². The number of hydrogen-bond acceptors (Lipinski definition) is 3. The van der Waals surface area contributed by atoms with Crippen LogP contribution in [0.3, 0.4) is 0 Å². The number of hydrogen-bond donors (Lipinski definition) is 1. The van der Waals surface area contributed by atoms with E-state index in [1.807, 2.05) is 24.3 Å². The average Bonchev–Trinajstić information content (AvgIpc) is 2.63. The molecule has 3 nitrogen and oxygen atoms in total. The van der Waals surface area contributed by atoms with Gasteiger partial charge in [0, 0.05) is 14.6 Å². The molecule has 0 aliphatic rings. The standard InChI is InChI=1S/C10H8BrN.C10H7Br.CO2.ClH/c11-9-3-1-8-6-10(12)4-2-7(8)5-9;11-10-6-5-8-3-1-2-4-9(8)7-10;2-1-3;/h1-6H,12H2;1-7H;;1H. The molecule has 0 aliphatic heterocycles. The molecular formula is C21H16Br2ClNO2. The lowest BCUT2D eigenvalue weighted by atomic mass is 10.1. The number of rotatable bonds is 0. The molecule has 0 aliphatic carbocycles. The molecule has 138 valence electrons. The maximum absolute atomic E-state index is 8.12. The number of benzene rings is 4. The molecule has 27 heavy (non-hydrogen) atoms. The quantitative estimate of drug-likeness (QED) is 0.271. The minimum Gasteiger partial charge on any atom is -0.399 e. The van der Waals surface area contributed by atoms with Crippen LogP contribution in [0, 0.1) is 0 Å². The van der Waals surface area contributed by atoms with Gasteiger partial charge in [-0.05, 0) is 57.9 Å². The van der Waals surface area contributed by atoms with Gasteiger partial charge >= 0.3 is 6.15 Å². The van der Waals surface area contributed by atoms with Gasteiger partial charge in [0.05, 0.1) is 0 Å². The third kappa shape index (κ3) is 7.16. The molecule has 0 unspecified atom stereocenters. The molecule has 0 saturated carbocycles. The van der Waals surface area contributed by atoms with Gasteiger partial charge in [0.2, 0.25) is 0 Å². The first-order valence-electron chi connectivity index (χ1n) is 7.62. The molecule has 0 heterocycles. The fourth-order valence-corrected chi connectivity index (χ4v) is 3.15. The van der Waals surface area contributed by atoms with Gasteiger partial charge in [0.1, 0.15) is 0 Å². The van der Waals surface area contributed by atoms with Crippen molar-refractivity contribution in [2.24, 2.45) is 0 Å². The zero-order valence-electron chi connectivity index (χ0n) is 14.1. The third-order valence-corrected chi connectivity index (χ3v) is 4.52. The predicted molar refractivity (Wildman–Crippen MR) is 120 cm³/mol. The molecule has 0 fully saturated rings. The van der Waals surface area contributed by atoms with Gasteiger partial charge in [0.25, 0.3) is 0 Å². The topological polar surface area (TPSA) is 60.2 Å². The Kier molecular flexibility index (Phi) is 9.76. The van der Waals surface area contributed by atoms with E-state index in [0.29, 0.717) is 0 Å². The lowest BCUT2D eigenvalue weighted by molar-refractivity contribution is -0.191. The second kappa shape index (κ2) is 11.5. The summed E-state index contributed by atoms with van der Waals surface area (Å²) in [6.07, 6.45) is 0.250. The Balaban J connectivity index is 0.000000229. The van der Waals surface area contributed by atoms with Crippen LogP contribution < -0.4 is 5.73 Å². The largest absolute Gasteiger partial charge is 0.399 e. The summed E-state index contributed by atoms with van der Waals surface area (Å²) >= 11 is 6.85. The van der Waals surface area contributed by atoms with E-state index in [4.69, 9.17) is 15.3 Å². The summed E-state index contributed by atoms with van der Waals surface area (Å²) in [7, 11) is 0. The maximum Gasteiger partial charge on any atom is 0.373 e. The molecule has 0 aromatic heterocycles. The molecule has 0 spiro atoms.